The maximum atomic E-state index is 13.6. The second-order valence-corrected chi connectivity index (χ2v) is 4.08. The summed E-state index contributed by atoms with van der Waals surface area (Å²) in [5.74, 6) is 0.294. The molecule has 1 N–H and O–H groups in total. The van der Waals surface area contributed by atoms with Gasteiger partial charge in [-0.3, -0.25) is 4.98 Å². The van der Waals surface area contributed by atoms with E-state index in [0.717, 1.165) is 4.47 Å². The van der Waals surface area contributed by atoms with Crippen molar-refractivity contribution in [1.82, 2.24) is 9.97 Å². The van der Waals surface area contributed by atoms with Crippen molar-refractivity contribution < 1.29 is 4.39 Å². The summed E-state index contributed by atoms with van der Waals surface area (Å²) in [6.07, 6.45) is 3.12. The smallest absolute Gasteiger partial charge is 0.144 e. The molecule has 0 fully saturated rings. The van der Waals surface area contributed by atoms with Gasteiger partial charge in [-0.05, 0) is 18.2 Å². The number of hydrogen-bond donors (Lipinski definition) is 1. The standard InChI is InChI=1S/C11H9BrFN3/c1-14-11-6-15-5-10(16-11)8-4-7(12)2-3-9(8)13/h2-6H,1H3,(H,14,16). The Morgan fingerprint density at radius 2 is 2.12 bits per heavy atom. The highest BCUT2D eigenvalue weighted by atomic mass is 79.9. The summed E-state index contributed by atoms with van der Waals surface area (Å²) in [4.78, 5) is 8.22. The molecule has 2 aromatic rings. The third-order valence-corrected chi connectivity index (χ3v) is 2.59. The van der Waals surface area contributed by atoms with Crippen LogP contribution in [0.3, 0.4) is 0 Å². The van der Waals surface area contributed by atoms with Crippen molar-refractivity contribution in [3.05, 3.63) is 40.9 Å². The van der Waals surface area contributed by atoms with E-state index in [-0.39, 0.29) is 5.82 Å². The Morgan fingerprint density at radius 3 is 2.88 bits per heavy atom. The van der Waals surface area contributed by atoms with Crippen molar-refractivity contribution in [3.63, 3.8) is 0 Å². The SMILES string of the molecule is CNc1cncc(-c2cc(Br)ccc2F)n1. The van der Waals surface area contributed by atoms with Crippen LogP contribution in [0.5, 0.6) is 0 Å². The average Bonchev–Trinajstić information content (AvgIpc) is 2.32. The summed E-state index contributed by atoms with van der Waals surface area (Å²) in [6, 6.07) is 4.72. The number of benzene rings is 1. The maximum Gasteiger partial charge on any atom is 0.144 e. The molecular weight excluding hydrogens is 273 g/mol. The zero-order chi connectivity index (χ0) is 11.5. The van der Waals surface area contributed by atoms with Crippen molar-refractivity contribution in [3.8, 4) is 11.3 Å². The number of hydrogen-bond acceptors (Lipinski definition) is 3. The van der Waals surface area contributed by atoms with Gasteiger partial charge in [-0.1, -0.05) is 15.9 Å². The highest BCUT2D eigenvalue weighted by Gasteiger charge is 2.07. The number of rotatable bonds is 2. The van der Waals surface area contributed by atoms with E-state index in [1.54, 1.807) is 25.4 Å². The summed E-state index contributed by atoms with van der Waals surface area (Å²) >= 11 is 3.30. The monoisotopic (exact) mass is 281 g/mol. The summed E-state index contributed by atoms with van der Waals surface area (Å²) in [5, 5.41) is 2.86. The van der Waals surface area contributed by atoms with Crippen molar-refractivity contribution >= 4 is 21.7 Å². The Morgan fingerprint density at radius 1 is 1.31 bits per heavy atom. The third-order valence-electron chi connectivity index (χ3n) is 2.10. The molecular formula is C11H9BrFN3. The molecule has 0 spiro atoms. The molecule has 0 unspecified atom stereocenters. The van der Waals surface area contributed by atoms with Gasteiger partial charge in [0.25, 0.3) is 0 Å². The maximum absolute atomic E-state index is 13.6. The van der Waals surface area contributed by atoms with Gasteiger partial charge in [0.2, 0.25) is 0 Å². The molecule has 82 valence electrons. The summed E-state index contributed by atoms with van der Waals surface area (Å²) in [5.41, 5.74) is 0.935. The third kappa shape index (κ3) is 2.19. The van der Waals surface area contributed by atoms with Gasteiger partial charge in [0.05, 0.1) is 18.1 Å². The summed E-state index contributed by atoms with van der Waals surface area (Å²) < 4.78 is 14.4. The second-order valence-electron chi connectivity index (χ2n) is 3.16. The van der Waals surface area contributed by atoms with Gasteiger partial charge < -0.3 is 5.32 Å². The molecule has 0 bridgehead atoms. The highest BCUT2D eigenvalue weighted by Crippen LogP contribution is 2.24. The molecule has 1 heterocycles. The molecule has 0 aliphatic carbocycles. The van der Waals surface area contributed by atoms with E-state index < -0.39 is 0 Å². The van der Waals surface area contributed by atoms with Crippen molar-refractivity contribution in [2.45, 2.75) is 0 Å². The van der Waals surface area contributed by atoms with E-state index in [0.29, 0.717) is 17.1 Å². The van der Waals surface area contributed by atoms with Gasteiger partial charge in [-0.25, -0.2) is 9.37 Å². The molecule has 0 saturated carbocycles. The predicted octanol–water partition coefficient (Wildman–Crippen LogP) is 3.09. The zero-order valence-electron chi connectivity index (χ0n) is 8.54. The van der Waals surface area contributed by atoms with Crippen LogP contribution in [0.1, 0.15) is 0 Å². The van der Waals surface area contributed by atoms with Crippen LogP contribution >= 0.6 is 15.9 Å². The number of aromatic nitrogens is 2. The minimum Gasteiger partial charge on any atom is -0.372 e. The first-order valence-corrected chi connectivity index (χ1v) is 5.45. The van der Waals surface area contributed by atoms with Crippen molar-refractivity contribution in [1.29, 1.82) is 0 Å². The lowest BCUT2D eigenvalue weighted by Gasteiger charge is -2.05. The first-order chi connectivity index (χ1) is 7.70. The van der Waals surface area contributed by atoms with Crippen LogP contribution in [-0.4, -0.2) is 17.0 Å². The molecule has 3 nitrogen and oxygen atoms in total. The minimum absolute atomic E-state index is 0.314. The number of nitrogens with one attached hydrogen (secondary N) is 1. The molecule has 1 aromatic heterocycles. The van der Waals surface area contributed by atoms with Crippen LogP contribution < -0.4 is 5.32 Å². The first kappa shape index (κ1) is 11.0. The molecule has 16 heavy (non-hydrogen) atoms. The summed E-state index contributed by atoms with van der Waals surface area (Å²) in [6.45, 7) is 0. The molecule has 0 amide bonds. The van der Waals surface area contributed by atoms with Crippen LogP contribution in [-0.2, 0) is 0 Å². The van der Waals surface area contributed by atoms with Gasteiger partial charge in [0.1, 0.15) is 11.6 Å². The second kappa shape index (κ2) is 4.57. The number of anilines is 1. The molecule has 0 atom stereocenters. The van der Waals surface area contributed by atoms with Crippen LogP contribution in [0.25, 0.3) is 11.3 Å². The highest BCUT2D eigenvalue weighted by molar-refractivity contribution is 9.10. The van der Waals surface area contributed by atoms with Gasteiger partial charge in [-0.15, -0.1) is 0 Å². The Balaban J connectivity index is 2.53. The van der Waals surface area contributed by atoms with E-state index in [1.807, 2.05) is 0 Å². The topological polar surface area (TPSA) is 37.8 Å². The van der Waals surface area contributed by atoms with Crippen LogP contribution in [0.4, 0.5) is 10.2 Å². The summed E-state index contributed by atoms with van der Waals surface area (Å²) in [7, 11) is 1.74. The van der Waals surface area contributed by atoms with Gasteiger partial charge in [0.15, 0.2) is 0 Å². The quantitative estimate of drug-likeness (QED) is 0.919. The average molecular weight is 282 g/mol. The molecule has 0 aliphatic heterocycles. The normalized spacial score (nSPS) is 10.2. The van der Waals surface area contributed by atoms with Gasteiger partial charge >= 0.3 is 0 Å². The van der Waals surface area contributed by atoms with E-state index >= 15 is 0 Å². The molecule has 0 radical (unpaired) electrons. The fraction of sp³-hybridized carbons (Fsp3) is 0.0909. The number of nitrogens with zero attached hydrogens (tertiary/aromatic N) is 2. The first-order valence-electron chi connectivity index (χ1n) is 4.66. The molecule has 1 aromatic carbocycles. The molecule has 2 rings (SSSR count). The van der Waals surface area contributed by atoms with Crippen LogP contribution in [0, 0.1) is 5.82 Å². The largest absolute Gasteiger partial charge is 0.372 e. The van der Waals surface area contributed by atoms with Crippen LogP contribution in [0.15, 0.2) is 35.1 Å². The fourth-order valence-electron chi connectivity index (χ4n) is 1.31. The Kier molecular flexibility index (Phi) is 3.14. The van der Waals surface area contributed by atoms with E-state index in [4.69, 9.17) is 0 Å². The Bertz CT molecular complexity index is 516. The Hall–Kier alpha value is -1.49. The minimum atomic E-state index is -0.314. The lowest BCUT2D eigenvalue weighted by molar-refractivity contribution is 0.630. The fourth-order valence-corrected chi connectivity index (χ4v) is 1.67. The van der Waals surface area contributed by atoms with Crippen molar-refractivity contribution in [2.75, 3.05) is 12.4 Å². The van der Waals surface area contributed by atoms with Gasteiger partial charge in [0, 0.05) is 17.1 Å². The van der Waals surface area contributed by atoms with Gasteiger partial charge in [-0.2, -0.15) is 0 Å². The van der Waals surface area contributed by atoms with Crippen LogP contribution in [0.2, 0.25) is 0 Å². The Labute approximate surface area is 101 Å². The van der Waals surface area contributed by atoms with E-state index in [2.05, 4.69) is 31.2 Å². The predicted molar refractivity (Wildman–Crippen MR) is 64.7 cm³/mol. The molecule has 5 heteroatoms. The van der Waals surface area contributed by atoms with Crippen molar-refractivity contribution in [2.24, 2.45) is 0 Å². The van der Waals surface area contributed by atoms with E-state index in [1.165, 1.54) is 12.3 Å². The molecule has 0 aliphatic rings. The number of halogens is 2. The molecule has 0 saturated heterocycles. The lowest BCUT2D eigenvalue weighted by atomic mass is 10.1. The zero-order valence-corrected chi connectivity index (χ0v) is 10.1. The van der Waals surface area contributed by atoms with E-state index in [9.17, 15) is 4.39 Å². The lowest BCUT2D eigenvalue weighted by Crippen LogP contribution is -1.96.